The summed E-state index contributed by atoms with van der Waals surface area (Å²) >= 11 is 6.44. The van der Waals surface area contributed by atoms with Gasteiger partial charge in [0.25, 0.3) is 0 Å². The third-order valence-corrected chi connectivity index (χ3v) is 0. The molecule has 0 radical (unpaired) electrons. The molecule has 0 aromatic carbocycles. The van der Waals surface area contributed by atoms with Crippen molar-refractivity contribution < 1.29 is 26.2 Å². The first-order valence-corrected chi connectivity index (χ1v) is 2.82. The van der Waals surface area contributed by atoms with Crippen molar-refractivity contribution >= 4 is 23.3 Å². The van der Waals surface area contributed by atoms with E-state index in [0.29, 0.717) is 0 Å². The molecule has 0 saturated heterocycles. The van der Waals surface area contributed by atoms with Crippen LogP contribution in [0.3, 0.4) is 0 Å². The monoisotopic (exact) mass is 296 g/mol. The van der Waals surface area contributed by atoms with Gasteiger partial charge in [0.15, 0.2) is 0 Å². The second kappa shape index (κ2) is 32.9. The molecule has 0 aromatic heterocycles. The van der Waals surface area contributed by atoms with Crippen molar-refractivity contribution in [3.8, 4) is 0 Å². The molecule has 1 nitrogen and oxygen atoms in total. The molecule has 40 valence electrons. The maximum Gasteiger partial charge on any atom is 0.0402 e. The maximum absolute atomic E-state index is 7.57. The van der Waals surface area contributed by atoms with Gasteiger partial charge in [0, 0.05) is 27.7 Å². The molecule has 0 aliphatic heterocycles. The van der Waals surface area contributed by atoms with Gasteiger partial charge >= 0.3 is 0 Å². The van der Waals surface area contributed by atoms with Gasteiger partial charge in [0.05, 0.1) is 0 Å². The van der Waals surface area contributed by atoms with Crippen molar-refractivity contribution in [3.05, 3.63) is 0 Å². The van der Waals surface area contributed by atoms with E-state index in [2.05, 4.69) is 23.3 Å². The standard InChI is InChI=1S/C2H6O.H2S2.W/c1-2-3;1-2;/h3H,2H2,1H3;1-2H;. The van der Waals surface area contributed by atoms with E-state index in [9.17, 15) is 0 Å². The van der Waals surface area contributed by atoms with Crippen LogP contribution < -0.4 is 0 Å². The summed E-state index contributed by atoms with van der Waals surface area (Å²) in [5.74, 6) is 0. The fraction of sp³-hybridized carbons (Fsp3) is 1.00. The van der Waals surface area contributed by atoms with E-state index >= 15 is 0 Å². The Labute approximate surface area is 63.0 Å². The molecule has 0 rings (SSSR count). The molecule has 0 unspecified atom stereocenters. The molecular formula is C2H8OS2W. The Kier molecular flexibility index (Phi) is 86.0. The van der Waals surface area contributed by atoms with Crippen LogP contribution in [0.5, 0.6) is 0 Å². The van der Waals surface area contributed by atoms with Gasteiger partial charge < -0.3 is 5.11 Å². The summed E-state index contributed by atoms with van der Waals surface area (Å²) < 4.78 is 0. The molecule has 0 amide bonds. The van der Waals surface area contributed by atoms with Crippen LogP contribution in [-0.4, -0.2) is 11.7 Å². The van der Waals surface area contributed by atoms with E-state index in [-0.39, 0.29) is 27.7 Å². The number of aliphatic hydroxyl groups excluding tert-OH is 1. The number of hydrogen-bond acceptors (Lipinski definition) is 3. The Morgan fingerprint density at radius 1 is 1.50 bits per heavy atom. The zero-order valence-corrected chi connectivity index (χ0v) is 8.18. The predicted molar refractivity (Wildman–Crippen MR) is 30.7 cm³/mol. The van der Waals surface area contributed by atoms with E-state index in [1.54, 1.807) is 6.92 Å². The zero-order valence-electron chi connectivity index (χ0n) is 3.46. The average molecular weight is 296 g/mol. The molecule has 0 bridgehead atoms. The SMILES string of the molecule is CCO.SS.[W]. The van der Waals surface area contributed by atoms with Crippen molar-refractivity contribution in [3.63, 3.8) is 0 Å². The topological polar surface area (TPSA) is 20.2 Å². The Bertz CT molecular complexity index is 11.5. The van der Waals surface area contributed by atoms with E-state index in [1.807, 2.05) is 0 Å². The van der Waals surface area contributed by atoms with Crippen LogP contribution in [0.15, 0.2) is 0 Å². The molecule has 0 aromatic rings. The Morgan fingerprint density at radius 3 is 1.50 bits per heavy atom. The summed E-state index contributed by atoms with van der Waals surface area (Å²) in [6.07, 6.45) is 0. The Balaban J connectivity index is -0.0000000275. The first kappa shape index (κ1) is 15.7. The smallest absolute Gasteiger partial charge is 0.0402 e. The second-order valence-corrected chi connectivity index (χ2v) is 0.316. The van der Waals surface area contributed by atoms with Gasteiger partial charge in [-0.15, -0.1) is 23.3 Å². The fourth-order valence-corrected chi connectivity index (χ4v) is 0. The molecule has 6 heavy (non-hydrogen) atoms. The van der Waals surface area contributed by atoms with Crippen molar-refractivity contribution in [2.75, 3.05) is 6.61 Å². The van der Waals surface area contributed by atoms with Gasteiger partial charge in [-0.2, -0.15) is 0 Å². The number of hydrogen-bond donors (Lipinski definition) is 3. The summed E-state index contributed by atoms with van der Waals surface area (Å²) in [4.78, 5) is 0. The Morgan fingerprint density at radius 2 is 1.50 bits per heavy atom. The van der Waals surface area contributed by atoms with E-state index < -0.39 is 0 Å². The van der Waals surface area contributed by atoms with Crippen LogP contribution in [0.2, 0.25) is 0 Å². The summed E-state index contributed by atoms with van der Waals surface area (Å²) in [7, 11) is 0. The largest absolute Gasteiger partial charge is 0.397 e. The van der Waals surface area contributed by atoms with Crippen LogP contribution in [-0.2, 0) is 21.1 Å². The van der Waals surface area contributed by atoms with E-state index in [0.717, 1.165) is 0 Å². The Hall–Kier alpha value is 1.35. The van der Waals surface area contributed by atoms with Gasteiger partial charge in [-0.3, -0.25) is 0 Å². The van der Waals surface area contributed by atoms with Crippen molar-refractivity contribution in [1.29, 1.82) is 0 Å². The summed E-state index contributed by atoms with van der Waals surface area (Å²) in [5.41, 5.74) is 0. The minimum atomic E-state index is 0. The first-order valence-electron chi connectivity index (χ1n) is 1.22. The molecule has 4 heteroatoms. The minimum Gasteiger partial charge on any atom is -0.397 e. The first-order chi connectivity index (χ1) is 2.41. The zero-order chi connectivity index (χ0) is 4.71. The quantitative estimate of drug-likeness (QED) is 0.445. The van der Waals surface area contributed by atoms with Gasteiger partial charge in [-0.05, 0) is 6.92 Å². The minimum absolute atomic E-state index is 0. The molecule has 0 fully saturated rings. The fourth-order valence-electron chi connectivity index (χ4n) is 0. The third kappa shape index (κ3) is 55.6. The normalized spacial score (nSPS) is 4.00. The predicted octanol–water partition coefficient (Wildman–Crippen LogP) is 0.757. The molecule has 0 heterocycles. The van der Waals surface area contributed by atoms with Crippen LogP contribution in [0.4, 0.5) is 0 Å². The third-order valence-electron chi connectivity index (χ3n) is 0. The van der Waals surface area contributed by atoms with Gasteiger partial charge in [0.1, 0.15) is 0 Å². The van der Waals surface area contributed by atoms with Gasteiger partial charge in [-0.25, -0.2) is 0 Å². The van der Waals surface area contributed by atoms with Crippen LogP contribution in [0.1, 0.15) is 6.92 Å². The van der Waals surface area contributed by atoms with Crippen molar-refractivity contribution in [2.24, 2.45) is 0 Å². The van der Waals surface area contributed by atoms with E-state index in [1.165, 1.54) is 0 Å². The van der Waals surface area contributed by atoms with Crippen LogP contribution >= 0.6 is 23.3 Å². The van der Waals surface area contributed by atoms with Crippen LogP contribution in [0.25, 0.3) is 0 Å². The number of thiol groups is 2. The second-order valence-electron chi connectivity index (χ2n) is 0.316. The van der Waals surface area contributed by atoms with E-state index in [4.69, 9.17) is 5.11 Å². The summed E-state index contributed by atoms with van der Waals surface area (Å²) in [6.45, 7) is 1.93. The summed E-state index contributed by atoms with van der Waals surface area (Å²) in [5, 5.41) is 7.57. The molecule has 0 saturated carbocycles. The van der Waals surface area contributed by atoms with Crippen LogP contribution in [0, 0.1) is 0 Å². The van der Waals surface area contributed by atoms with Gasteiger partial charge in [0.2, 0.25) is 0 Å². The summed E-state index contributed by atoms with van der Waals surface area (Å²) in [6, 6.07) is 0. The van der Waals surface area contributed by atoms with Crippen molar-refractivity contribution in [2.45, 2.75) is 6.92 Å². The maximum atomic E-state index is 7.57. The molecule has 0 aliphatic rings. The number of rotatable bonds is 0. The molecular weight excluding hydrogens is 288 g/mol. The molecule has 0 aliphatic carbocycles. The molecule has 0 spiro atoms. The molecule has 0 atom stereocenters. The van der Waals surface area contributed by atoms with Gasteiger partial charge in [-0.1, -0.05) is 0 Å². The number of aliphatic hydroxyl groups is 1. The average Bonchev–Trinajstić information content (AvgIpc) is 1.46. The molecule has 1 N–H and O–H groups in total. The van der Waals surface area contributed by atoms with Crippen molar-refractivity contribution in [1.82, 2.24) is 0 Å².